The molecule has 186 valence electrons. The Morgan fingerprint density at radius 2 is 1.71 bits per heavy atom. The zero-order chi connectivity index (χ0) is 25.9. The Bertz CT molecular complexity index is 1350. The summed E-state index contributed by atoms with van der Waals surface area (Å²) in [5.41, 5.74) is 0.802. The lowest BCUT2D eigenvalue weighted by Gasteiger charge is -2.17. The Hall–Kier alpha value is -3.70. The highest BCUT2D eigenvalue weighted by molar-refractivity contribution is 7.89. The number of carbonyl (C=O) groups is 2. The molecule has 0 aliphatic rings. The topological polar surface area (TPSA) is 140 Å². The molecule has 3 aromatic rings. The lowest BCUT2D eigenvalue weighted by Crippen LogP contribution is -2.30. The van der Waals surface area contributed by atoms with E-state index >= 15 is 0 Å². The number of para-hydroxylation sites is 1. The van der Waals surface area contributed by atoms with Crippen molar-refractivity contribution in [1.82, 2.24) is 14.5 Å². The number of carbonyl (C=O) groups excluding carboxylic acids is 1. The highest BCUT2D eigenvalue weighted by Crippen LogP contribution is 2.35. The molecule has 1 amide bonds. The maximum absolute atomic E-state index is 13.2. The summed E-state index contributed by atoms with van der Waals surface area (Å²) >= 11 is 0. The predicted octanol–water partition coefficient (Wildman–Crippen LogP) is 3.95. The van der Waals surface area contributed by atoms with Crippen molar-refractivity contribution < 1.29 is 27.9 Å². The molecule has 2 aromatic carbocycles. The van der Waals surface area contributed by atoms with E-state index in [9.17, 15) is 23.1 Å². The van der Waals surface area contributed by atoms with Crippen LogP contribution in [-0.4, -0.2) is 41.2 Å². The second-order valence-corrected chi connectivity index (χ2v) is 10.2. The van der Waals surface area contributed by atoms with E-state index in [1.165, 1.54) is 29.8 Å². The summed E-state index contributed by atoms with van der Waals surface area (Å²) in [5.74, 6) is -1.84. The quantitative estimate of drug-likeness (QED) is 0.404. The molecular weight excluding hydrogens is 472 g/mol. The maximum Gasteiger partial charge on any atom is 0.356 e. The minimum absolute atomic E-state index is 0.0496. The van der Waals surface area contributed by atoms with Crippen molar-refractivity contribution in [2.24, 2.45) is 5.92 Å². The second kappa shape index (κ2) is 10.3. The normalized spacial score (nSPS) is 11.6. The fraction of sp³-hybridized carbons (Fsp3) is 0.292. The van der Waals surface area contributed by atoms with Crippen molar-refractivity contribution in [1.29, 1.82) is 0 Å². The molecular formula is C24H28N4O6S. The van der Waals surface area contributed by atoms with Gasteiger partial charge in [-0.1, -0.05) is 32.0 Å². The lowest BCUT2D eigenvalue weighted by molar-refractivity contribution is -0.118. The molecule has 0 spiro atoms. The minimum Gasteiger partial charge on any atom is -0.476 e. The number of amides is 1. The number of carboxylic acids is 1. The highest BCUT2D eigenvalue weighted by Gasteiger charge is 2.27. The van der Waals surface area contributed by atoms with Gasteiger partial charge in [0.2, 0.25) is 21.8 Å². The van der Waals surface area contributed by atoms with Gasteiger partial charge in [0.1, 0.15) is 10.6 Å². The fourth-order valence-electron chi connectivity index (χ4n) is 3.19. The van der Waals surface area contributed by atoms with Gasteiger partial charge in [-0.3, -0.25) is 4.79 Å². The third-order valence-electron chi connectivity index (χ3n) is 4.89. The van der Waals surface area contributed by atoms with Crippen molar-refractivity contribution in [3.63, 3.8) is 0 Å². The molecule has 0 saturated carbocycles. The first-order valence-corrected chi connectivity index (χ1v) is 12.4. The summed E-state index contributed by atoms with van der Waals surface area (Å²) in [6.45, 7) is 8.33. The number of sulfonamides is 1. The first-order chi connectivity index (χ1) is 16.4. The Labute approximate surface area is 204 Å². The first kappa shape index (κ1) is 25.9. The molecule has 35 heavy (non-hydrogen) atoms. The number of hydrogen-bond donors (Lipinski definition) is 3. The van der Waals surface area contributed by atoms with Crippen LogP contribution in [0.4, 0.5) is 5.69 Å². The summed E-state index contributed by atoms with van der Waals surface area (Å²) in [6.07, 6.45) is 0. The van der Waals surface area contributed by atoms with Crippen LogP contribution in [0.3, 0.4) is 0 Å². The maximum atomic E-state index is 13.2. The van der Waals surface area contributed by atoms with Crippen LogP contribution in [-0.2, 0) is 14.8 Å². The number of benzene rings is 2. The van der Waals surface area contributed by atoms with Crippen molar-refractivity contribution in [3.8, 4) is 17.3 Å². The van der Waals surface area contributed by atoms with Gasteiger partial charge < -0.3 is 15.2 Å². The van der Waals surface area contributed by atoms with Crippen molar-refractivity contribution >= 4 is 27.6 Å². The molecule has 0 atom stereocenters. The number of anilines is 1. The van der Waals surface area contributed by atoms with E-state index in [2.05, 4.69) is 15.1 Å². The van der Waals surface area contributed by atoms with Crippen LogP contribution in [0.15, 0.2) is 53.4 Å². The minimum atomic E-state index is -4.06. The molecule has 1 aromatic heterocycles. The molecule has 0 unspecified atom stereocenters. The van der Waals surface area contributed by atoms with Crippen LogP contribution in [0, 0.1) is 12.8 Å². The van der Waals surface area contributed by atoms with E-state index in [1.807, 2.05) is 0 Å². The highest BCUT2D eigenvalue weighted by atomic mass is 32.2. The predicted molar refractivity (Wildman–Crippen MR) is 131 cm³/mol. The third-order valence-corrected chi connectivity index (χ3v) is 6.57. The molecule has 0 fully saturated rings. The van der Waals surface area contributed by atoms with E-state index in [0.717, 1.165) is 0 Å². The van der Waals surface area contributed by atoms with Crippen LogP contribution in [0.2, 0.25) is 0 Å². The Balaban J connectivity index is 2.16. The summed E-state index contributed by atoms with van der Waals surface area (Å²) in [6, 6.07) is 12.6. The Morgan fingerprint density at radius 3 is 2.29 bits per heavy atom. The molecule has 3 N–H and O–H groups in total. The number of carboxylic acid groups (broad SMARTS) is 1. The summed E-state index contributed by atoms with van der Waals surface area (Å²) in [5, 5.41) is 16.4. The Kier molecular flexibility index (Phi) is 7.61. The van der Waals surface area contributed by atoms with Crippen molar-refractivity contribution in [2.45, 2.75) is 45.6 Å². The first-order valence-electron chi connectivity index (χ1n) is 10.9. The lowest BCUT2D eigenvalue weighted by atomic mass is 10.2. The number of ether oxygens (including phenoxy) is 1. The third kappa shape index (κ3) is 5.87. The molecule has 3 rings (SSSR count). The van der Waals surface area contributed by atoms with Gasteiger partial charge in [0.25, 0.3) is 0 Å². The van der Waals surface area contributed by atoms with Crippen LogP contribution >= 0.6 is 0 Å². The van der Waals surface area contributed by atoms with E-state index in [4.69, 9.17) is 4.74 Å². The van der Waals surface area contributed by atoms with Gasteiger partial charge >= 0.3 is 5.97 Å². The molecule has 10 nitrogen and oxygen atoms in total. The van der Waals surface area contributed by atoms with Gasteiger partial charge in [-0.25, -0.2) is 17.9 Å². The summed E-state index contributed by atoms with van der Waals surface area (Å²) in [4.78, 5) is 23.7. The fourth-order valence-corrected chi connectivity index (χ4v) is 4.60. The number of nitrogens with zero attached hydrogens (tertiary/aromatic N) is 2. The van der Waals surface area contributed by atoms with Gasteiger partial charge in [-0.15, -0.1) is 0 Å². The van der Waals surface area contributed by atoms with E-state index in [1.54, 1.807) is 58.0 Å². The van der Waals surface area contributed by atoms with Gasteiger partial charge in [0.05, 0.1) is 5.69 Å². The number of rotatable bonds is 9. The van der Waals surface area contributed by atoms with Gasteiger partial charge in [0.15, 0.2) is 5.69 Å². The molecule has 1 heterocycles. The zero-order valence-electron chi connectivity index (χ0n) is 20.1. The van der Waals surface area contributed by atoms with Crippen molar-refractivity contribution in [3.05, 3.63) is 59.8 Å². The molecule has 0 bridgehead atoms. The van der Waals surface area contributed by atoms with Crippen LogP contribution < -0.4 is 14.8 Å². The van der Waals surface area contributed by atoms with Crippen LogP contribution in [0.25, 0.3) is 5.69 Å². The second-order valence-electron chi connectivity index (χ2n) is 8.51. The molecule has 0 aliphatic heterocycles. The SMILES string of the molecule is Cc1c(C(=O)O)nn(-c2ccccc2)c1Oc1ccc(NC(=O)C(C)C)cc1S(=O)(=O)NC(C)C. The molecule has 0 aliphatic carbocycles. The number of aromatic carboxylic acids is 1. The average molecular weight is 501 g/mol. The number of hydrogen-bond acceptors (Lipinski definition) is 6. The molecule has 0 radical (unpaired) electrons. The average Bonchev–Trinajstić information content (AvgIpc) is 3.10. The molecule has 11 heteroatoms. The van der Waals surface area contributed by atoms with E-state index in [-0.39, 0.29) is 45.3 Å². The smallest absolute Gasteiger partial charge is 0.356 e. The zero-order valence-corrected chi connectivity index (χ0v) is 20.9. The Morgan fingerprint density at radius 1 is 1.06 bits per heavy atom. The number of nitrogens with one attached hydrogen (secondary N) is 2. The van der Waals surface area contributed by atoms with Crippen LogP contribution in [0.1, 0.15) is 43.7 Å². The van der Waals surface area contributed by atoms with Gasteiger partial charge in [0, 0.05) is 23.2 Å². The summed E-state index contributed by atoms with van der Waals surface area (Å²) < 4.78 is 36.2. The molecule has 0 saturated heterocycles. The summed E-state index contributed by atoms with van der Waals surface area (Å²) in [7, 11) is -4.06. The largest absolute Gasteiger partial charge is 0.476 e. The van der Waals surface area contributed by atoms with Gasteiger partial charge in [-0.05, 0) is 51.1 Å². The standard InChI is InChI=1S/C24H28N4O6S/c1-14(2)22(29)25-17-11-12-19(20(13-17)35(32,33)27-15(3)4)34-23-16(5)21(24(30)31)26-28(23)18-9-7-6-8-10-18/h6-15,27H,1-5H3,(H,25,29)(H,30,31). The monoisotopic (exact) mass is 500 g/mol. The van der Waals surface area contributed by atoms with E-state index in [0.29, 0.717) is 5.69 Å². The van der Waals surface area contributed by atoms with Gasteiger partial charge in [-0.2, -0.15) is 9.78 Å². The number of aromatic nitrogens is 2. The van der Waals surface area contributed by atoms with Crippen LogP contribution in [0.5, 0.6) is 11.6 Å². The van der Waals surface area contributed by atoms with E-state index < -0.39 is 22.0 Å². The van der Waals surface area contributed by atoms with Crippen molar-refractivity contribution in [2.75, 3.05) is 5.32 Å².